The number of rotatable bonds is 4. The van der Waals surface area contributed by atoms with Crippen molar-refractivity contribution >= 4 is 11.8 Å². The molecule has 0 saturated heterocycles. The zero-order valence-corrected chi connectivity index (χ0v) is 8.27. The van der Waals surface area contributed by atoms with Gasteiger partial charge in [0.2, 0.25) is 11.5 Å². The van der Waals surface area contributed by atoms with E-state index in [2.05, 4.69) is 10.3 Å². The van der Waals surface area contributed by atoms with Crippen LogP contribution in [-0.2, 0) is 4.79 Å². The van der Waals surface area contributed by atoms with Gasteiger partial charge in [0.05, 0.1) is 6.54 Å². The fraction of sp³-hybridized carbons (Fsp3) is 0.222. The third kappa shape index (κ3) is 3.21. The summed E-state index contributed by atoms with van der Waals surface area (Å²) in [6, 6.07) is 4.07. The minimum absolute atomic E-state index is 0.0455. The van der Waals surface area contributed by atoms with E-state index in [1.165, 1.54) is 18.2 Å². The Kier molecular flexibility index (Phi) is 3.78. The second-order valence-corrected chi connectivity index (χ2v) is 3.06. The van der Waals surface area contributed by atoms with Crippen LogP contribution < -0.4 is 16.6 Å². The quantitative estimate of drug-likeness (QED) is 0.470. The first-order chi connectivity index (χ1) is 7.50. The van der Waals surface area contributed by atoms with Gasteiger partial charge in [-0.2, -0.15) is 0 Å². The Morgan fingerprint density at radius 2 is 2.19 bits per heavy atom. The van der Waals surface area contributed by atoms with Crippen LogP contribution in [0, 0.1) is 0 Å². The number of aromatic nitrogens is 1. The molecular weight excluding hydrogens is 214 g/mol. The average molecular weight is 225 g/mol. The van der Waals surface area contributed by atoms with Crippen LogP contribution in [0.25, 0.3) is 0 Å². The Balaban J connectivity index is 2.60. The molecule has 16 heavy (non-hydrogen) atoms. The molecule has 1 heterocycles. The molecule has 0 bridgehead atoms. The first-order valence-corrected chi connectivity index (χ1v) is 4.45. The second-order valence-electron chi connectivity index (χ2n) is 3.06. The maximum Gasteiger partial charge on any atom is 0.267 e. The number of aliphatic hydroxyl groups excluding tert-OH is 1. The Bertz CT molecular complexity index is 454. The molecule has 0 aliphatic rings. The van der Waals surface area contributed by atoms with Crippen molar-refractivity contribution in [3.63, 3.8) is 0 Å². The third-order valence-corrected chi connectivity index (χ3v) is 1.80. The molecule has 1 unspecified atom stereocenters. The number of aromatic amines is 1. The molecule has 1 aromatic rings. The summed E-state index contributed by atoms with van der Waals surface area (Å²) in [6.45, 7) is -0.301. The van der Waals surface area contributed by atoms with Crippen LogP contribution >= 0.6 is 0 Å². The van der Waals surface area contributed by atoms with Crippen LogP contribution in [0.15, 0.2) is 23.0 Å². The van der Waals surface area contributed by atoms with Gasteiger partial charge in [-0.3, -0.25) is 14.4 Å². The van der Waals surface area contributed by atoms with E-state index in [1.54, 1.807) is 0 Å². The van der Waals surface area contributed by atoms with Crippen molar-refractivity contribution in [3.05, 3.63) is 34.2 Å². The summed E-state index contributed by atoms with van der Waals surface area (Å²) < 4.78 is 0. The first kappa shape index (κ1) is 11.9. The molecule has 2 amide bonds. The largest absolute Gasteiger partial charge is 0.381 e. The topological polar surface area (TPSA) is 125 Å². The van der Waals surface area contributed by atoms with Gasteiger partial charge in [-0.25, -0.2) is 0 Å². The van der Waals surface area contributed by atoms with Gasteiger partial charge in [0.25, 0.3) is 5.91 Å². The number of nitrogens with two attached hydrogens (primary N) is 1. The highest BCUT2D eigenvalue weighted by Gasteiger charge is 2.13. The van der Waals surface area contributed by atoms with Crippen molar-refractivity contribution < 1.29 is 14.7 Å². The summed E-state index contributed by atoms with van der Waals surface area (Å²) >= 11 is 0. The molecule has 7 nitrogen and oxygen atoms in total. The molecule has 0 aromatic carbocycles. The van der Waals surface area contributed by atoms with E-state index in [-0.39, 0.29) is 12.2 Å². The molecular formula is C9H11N3O4. The molecule has 1 rings (SSSR count). The zero-order valence-electron chi connectivity index (χ0n) is 8.27. The normalized spacial score (nSPS) is 11.8. The molecule has 0 aliphatic heterocycles. The van der Waals surface area contributed by atoms with Gasteiger partial charge in [-0.15, -0.1) is 0 Å². The second kappa shape index (κ2) is 5.08. The van der Waals surface area contributed by atoms with E-state index in [9.17, 15) is 14.4 Å². The van der Waals surface area contributed by atoms with Crippen LogP contribution in [0.4, 0.5) is 0 Å². The molecule has 0 spiro atoms. The molecule has 1 atom stereocenters. The van der Waals surface area contributed by atoms with E-state index in [4.69, 9.17) is 10.8 Å². The lowest BCUT2D eigenvalue weighted by Gasteiger charge is -2.07. The van der Waals surface area contributed by atoms with Crippen molar-refractivity contribution in [3.8, 4) is 0 Å². The molecule has 0 aliphatic carbocycles. The number of carbonyl (C=O) groups excluding carboxylic acids is 2. The van der Waals surface area contributed by atoms with Crippen LogP contribution in [0.5, 0.6) is 0 Å². The molecule has 7 heteroatoms. The lowest BCUT2D eigenvalue weighted by molar-refractivity contribution is -0.125. The van der Waals surface area contributed by atoms with Gasteiger partial charge in [0.1, 0.15) is 11.8 Å². The minimum Gasteiger partial charge on any atom is -0.381 e. The minimum atomic E-state index is -1.45. The number of hydrogen-bond donors (Lipinski definition) is 4. The van der Waals surface area contributed by atoms with Crippen molar-refractivity contribution in [2.45, 2.75) is 6.10 Å². The SMILES string of the molecule is NC(=O)C(O)CNC(=O)c1cccc(=O)[nH]1. The predicted octanol–water partition coefficient (Wildman–Crippen LogP) is -2.05. The average Bonchev–Trinajstić information content (AvgIpc) is 2.25. The van der Waals surface area contributed by atoms with Gasteiger partial charge in [0.15, 0.2) is 0 Å². The number of H-pyrrole nitrogens is 1. The van der Waals surface area contributed by atoms with Crippen LogP contribution in [0.3, 0.4) is 0 Å². The van der Waals surface area contributed by atoms with Crippen LogP contribution in [0.2, 0.25) is 0 Å². The molecule has 0 radical (unpaired) electrons. The highest BCUT2D eigenvalue weighted by Crippen LogP contribution is 1.90. The maximum absolute atomic E-state index is 11.4. The number of amides is 2. The fourth-order valence-electron chi connectivity index (χ4n) is 0.965. The third-order valence-electron chi connectivity index (χ3n) is 1.80. The highest BCUT2D eigenvalue weighted by atomic mass is 16.3. The number of aliphatic hydroxyl groups is 1. The standard InChI is InChI=1S/C9H11N3O4/c10-8(15)6(13)4-11-9(16)5-2-1-3-7(14)12-5/h1-3,6,13H,4H2,(H2,10,15)(H,11,16)(H,12,14). The first-order valence-electron chi connectivity index (χ1n) is 4.45. The molecule has 1 aromatic heterocycles. The van der Waals surface area contributed by atoms with E-state index in [1.807, 2.05) is 0 Å². The van der Waals surface area contributed by atoms with E-state index in [0.29, 0.717) is 0 Å². The Labute approximate surface area is 90.3 Å². The lowest BCUT2D eigenvalue weighted by Crippen LogP contribution is -2.40. The number of carbonyl (C=O) groups is 2. The molecule has 0 saturated carbocycles. The maximum atomic E-state index is 11.4. The monoisotopic (exact) mass is 225 g/mol. The predicted molar refractivity (Wildman–Crippen MR) is 54.6 cm³/mol. The Hall–Kier alpha value is -2.15. The Morgan fingerprint density at radius 3 is 2.75 bits per heavy atom. The van der Waals surface area contributed by atoms with Crippen LogP contribution in [0.1, 0.15) is 10.5 Å². The highest BCUT2D eigenvalue weighted by molar-refractivity contribution is 5.92. The zero-order chi connectivity index (χ0) is 12.1. The van der Waals surface area contributed by atoms with Crippen molar-refractivity contribution in [1.82, 2.24) is 10.3 Å². The summed E-state index contributed by atoms with van der Waals surface area (Å²) in [5.74, 6) is -1.53. The van der Waals surface area contributed by atoms with Crippen molar-refractivity contribution in [2.75, 3.05) is 6.54 Å². The molecule has 86 valence electrons. The fourth-order valence-corrected chi connectivity index (χ4v) is 0.965. The van der Waals surface area contributed by atoms with E-state index >= 15 is 0 Å². The molecule has 5 N–H and O–H groups in total. The van der Waals surface area contributed by atoms with Gasteiger partial charge in [0, 0.05) is 6.07 Å². The van der Waals surface area contributed by atoms with E-state index < -0.39 is 23.5 Å². The lowest BCUT2D eigenvalue weighted by atomic mass is 10.3. The molecule has 0 fully saturated rings. The van der Waals surface area contributed by atoms with Gasteiger partial charge in [-0.1, -0.05) is 6.07 Å². The smallest absolute Gasteiger partial charge is 0.267 e. The number of hydrogen-bond acceptors (Lipinski definition) is 4. The van der Waals surface area contributed by atoms with Crippen LogP contribution in [-0.4, -0.2) is 34.6 Å². The number of pyridine rings is 1. The Morgan fingerprint density at radius 1 is 1.50 bits per heavy atom. The summed E-state index contributed by atoms with van der Waals surface area (Å²) in [7, 11) is 0. The summed E-state index contributed by atoms with van der Waals surface area (Å²) in [6.07, 6.45) is -1.45. The summed E-state index contributed by atoms with van der Waals surface area (Å²) in [5.41, 5.74) is 4.42. The van der Waals surface area contributed by atoms with Gasteiger partial charge < -0.3 is 21.1 Å². The van der Waals surface area contributed by atoms with Gasteiger partial charge in [-0.05, 0) is 6.07 Å². The summed E-state index contributed by atoms with van der Waals surface area (Å²) in [5, 5.41) is 11.3. The van der Waals surface area contributed by atoms with Gasteiger partial charge >= 0.3 is 0 Å². The summed E-state index contributed by atoms with van der Waals surface area (Å²) in [4.78, 5) is 35.0. The van der Waals surface area contributed by atoms with E-state index in [0.717, 1.165) is 0 Å². The number of primary amides is 1. The van der Waals surface area contributed by atoms with Crippen molar-refractivity contribution in [2.24, 2.45) is 5.73 Å². The van der Waals surface area contributed by atoms with Crippen molar-refractivity contribution in [1.29, 1.82) is 0 Å². The number of nitrogens with one attached hydrogen (secondary N) is 2.